The molecule has 25 heavy (non-hydrogen) atoms. The Labute approximate surface area is 149 Å². The number of likely N-dealkylation sites (N-methyl/N-ethyl adjacent to an activating group) is 1. The van der Waals surface area contributed by atoms with Crippen molar-refractivity contribution in [2.24, 2.45) is 0 Å². The average Bonchev–Trinajstić information content (AvgIpc) is 3.07. The van der Waals surface area contributed by atoms with Crippen LogP contribution in [-0.4, -0.2) is 54.6 Å². The zero-order valence-electron chi connectivity index (χ0n) is 15.1. The van der Waals surface area contributed by atoms with E-state index in [0.29, 0.717) is 12.2 Å². The molecule has 5 heteroatoms. The third-order valence-corrected chi connectivity index (χ3v) is 4.87. The van der Waals surface area contributed by atoms with Gasteiger partial charge in [-0.15, -0.1) is 0 Å². The molecule has 1 amide bonds. The summed E-state index contributed by atoms with van der Waals surface area (Å²) in [5.74, 6) is 0.709. The van der Waals surface area contributed by atoms with Gasteiger partial charge in [0.05, 0.1) is 24.3 Å². The van der Waals surface area contributed by atoms with Gasteiger partial charge in [-0.25, -0.2) is 0 Å². The number of aryl methyl sites for hydroxylation is 1. The van der Waals surface area contributed by atoms with E-state index in [2.05, 4.69) is 29.2 Å². The Balaban J connectivity index is 1.61. The number of rotatable bonds is 5. The molecule has 3 rings (SSSR count). The molecule has 2 atom stereocenters. The number of hydrogen-bond acceptors (Lipinski definition) is 4. The predicted molar refractivity (Wildman–Crippen MR) is 96.5 cm³/mol. The zero-order chi connectivity index (χ0) is 17.8. The number of hydrogen-bond donors (Lipinski definition) is 0. The van der Waals surface area contributed by atoms with E-state index in [1.165, 1.54) is 11.8 Å². The number of benzene rings is 1. The van der Waals surface area contributed by atoms with Crippen LogP contribution in [0.5, 0.6) is 0 Å². The summed E-state index contributed by atoms with van der Waals surface area (Å²) in [4.78, 5) is 16.8. The molecule has 134 valence electrons. The molecule has 1 aliphatic heterocycles. The van der Waals surface area contributed by atoms with E-state index in [1.807, 2.05) is 27.0 Å². The number of carbonyl (C=O) groups is 1. The molecule has 1 fully saturated rings. The van der Waals surface area contributed by atoms with Gasteiger partial charge in [0.15, 0.2) is 0 Å². The van der Waals surface area contributed by atoms with Crippen molar-refractivity contribution in [1.29, 1.82) is 0 Å². The van der Waals surface area contributed by atoms with Gasteiger partial charge in [0.1, 0.15) is 12.0 Å². The van der Waals surface area contributed by atoms with Gasteiger partial charge < -0.3 is 14.1 Å². The van der Waals surface area contributed by atoms with Crippen LogP contribution in [0.2, 0.25) is 0 Å². The van der Waals surface area contributed by atoms with Crippen LogP contribution >= 0.6 is 0 Å². The minimum atomic E-state index is -0.0341. The van der Waals surface area contributed by atoms with E-state index >= 15 is 0 Å². The second-order valence-corrected chi connectivity index (χ2v) is 6.73. The maximum atomic E-state index is 12.6. The van der Waals surface area contributed by atoms with Crippen LogP contribution < -0.4 is 0 Å². The molecular weight excluding hydrogens is 316 g/mol. The quantitative estimate of drug-likeness (QED) is 0.838. The summed E-state index contributed by atoms with van der Waals surface area (Å²) in [5, 5.41) is 0. The van der Waals surface area contributed by atoms with Crippen molar-refractivity contribution in [2.45, 2.75) is 32.5 Å². The van der Waals surface area contributed by atoms with Gasteiger partial charge in [-0.3, -0.25) is 9.69 Å². The first-order valence-electron chi connectivity index (χ1n) is 8.75. The Morgan fingerprint density at radius 1 is 1.36 bits per heavy atom. The smallest absolute Gasteiger partial charge is 0.257 e. The number of furan rings is 1. The van der Waals surface area contributed by atoms with Crippen LogP contribution in [0.1, 0.15) is 28.6 Å². The molecule has 0 N–H and O–H groups in total. The normalized spacial score (nSPS) is 19.6. The Hall–Kier alpha value is -2.11. The summed E-state index contributed by atoms with van der Waals surface area (Å²) >= 11 is 0. The van der Waals surface area contributed by atoms with E-state index < -0.39 is 0 Å². The highest BCUT2D eigenvalue weighted by atomic mass is 16.5. The summed E-state index contributed by atoms with van der Waals surface area (Å²) in [7, 11) is 1.83. The second kappa shape index (κ2) is 7.85. The first-order valence-corrected chi connectivity index (χ1v) is 8.75. The standard InChI is InChI=1S/C20H26N2O3/c1-15-11-18(14-25-15)20(23)21(3)16(2)19-13-22(9-10-24-19)12-17-7-5-4-6-8-17/h4-8,11,14,16,19H,9-10,12-13H2,1-3H3/t16-,19+/m1/s1. The summed E-state index contributed by atoms with van der Waals surface area (Å²) in [6.45, 7) is 7.21. The number of morpholine rings is 1. The van der Waals surface area contributed by atoms with Crippen molar-refractivity contribution in [2.75, 3.05) is 26.7 Å². The summed E-state index contributed by atoms with van der Waals surface area (Å²) in [5.41, 5.74) is 1.89. The highest BCUT2D eigenvalue weighted by molar-refractivity contribution is 5.94. The van der Waals surface area contributed by atoms with Crippen molar-refractivity contribution in [3.63, 3.8) is 0 Å². The Bertz CT molecular complexity index is 698. The van der Waals surface area contributed by atoms with Gasteiger partial charge in [0, 0.05) is 26.7 Å². The lowest BCUT2D eigenvalue weighted by Crippen LogP contribution is -2.52. The van der Waals surface area contributed by atoms with Gasteiger partial charge in [-0.2, -0.15) is 0 Å². The fraction of sp³-hybridized carbons (Fsp3) is 0.450. The molecule has 0 saturated carbocycles. The van der Waals surface area contributed by atoms with Crippen LogP contribution in [0, 0.1) is 6.92 Å². The van der Waals surface area contributed by atoms with E-state index in [1.54, 1.807) is 11.0 Å². The molecule has 0 spiro atoms. The van der Waals surface area contributed by atoms with Gasteiger partial charge in [0.25, 0.3) is 5.91 Å². The highest BCUT2D eigenvalue weighted by Crippen LogP contribution is 2.18. The lowest BCUT2D eigenvalue weighted by Gasteiger charge is -2.39. The summed E-state index contributed by atoms with van der Waals surface area (Å²) in [6.07, 6.45) is 1.52. The lowest BCUT2D eigenvalue weighted by atomic mass is 10.1. The molecule has 2 heterocycles. The molecule has 0 unspecified atom stereocenters. The lowest BCUT2D eigenvalue weighted by molar-refractivity contribution is -0.0615. The van der Waals surface area contributed by atoms with E-state index in [4.69, 9.17) is 9.15 Å². The fourth-order valence-electron chi connectivity index (χ4n) is 3.20. The Kier molecular flexibility index (Phi) is 5.56. The van der Waals surface area contributed by atoms with Gasteiger partial charge in [0.2, 0.25) is 0 Å². The molecule has 5 nitrogen and oxygen atoms in total. The Morgan fingerprint density at radius 3 is 2.80 bits per heavy atom. The van der Waals surface area contributed by atoms with Crippen LogP contribution in [-0.2, 0) is 11.3 Å². The number of amides is 1. The average molecular weight is 342 g/mol. The molecule has 0 bridgehead atoms. The third kappa shape index (κ3) is 4.30. The van der Waals surface area contributed by atoms with Gasteiger partial charge >= 0.3 is 0 Å². The fourth-order valence-corrected chi connectivity index (χ4v) is 3.20. The number of ether oxygens (including phenoxy) is 1. The third-order valence-electron chi connectivity index (χ3n) is 4.87. The molecule has 1 aromatic heterocycles. The largest absolute Gasteiger partial charge is 0.469 e. The maximum Gasteiger partial charge on any atom is 0.257 e. The van der Waals surface area contributed by atoms with Crippen LogP contribution in [0.15, 0.2) is 47.1 Å². The molecule has 0 radical (unpaired) electrons. The minimum absolute atomic E-state index is 0.000546. The molecular formula is C20H26N2O3. The van der Waals surface area contributed by atoms with Crippen molar-refractivity contribution < 1.29 is 13.9 Å². The van der Waals surface area contributed by atoms with Crippen molar-refractivity contribution >= 4 is 5.91 Å². The van der Waals surface area contributed by atoms with Crippen molar-refractivity contribution in [3.05, 3.63) is 59.5 Å². The van der Waals surface area contributed by atoms with Crippen molar-refractivity contribution in [1.82, 2.24) is 9.80 Å². The molecule has 1 aliphatic rings. The van der Waals surface area contributed by atoms with E-state index in [9.17, 15) is 4.79 Å². The monoisotopic (exact) mass is 342 g/mol. The topological polar surface area (TPSA) is 45.9 Å². The summed E-state index contributed by atoms with van der Waals surface area (Å²) < 4.78 is 11.2. The van der Waals surface area contributed by atoms with E-state index in [0.717, 1.165) is 25.4 Å². The first kappa shape index (κ1) is 17.7. The molecule has 2 aromatic rings. The second-order valence-electron chi connectivity index (χ2n) is 6.73. The maximum absolute atomic E-state index is 12.6. The molecule has 1 aromatic carbocycles. The zero-order valence-corrected chi connectivity index (χ0v) is 15.1. The molecule has 1 saturated heterocycles. The first-order chi connectivity index (χ1) is 12.0. The van der Waals surface area contributed by atoms with E-state index in [-0.39, 0.29) is 18.1 Å². The number of nitrogens with zero attached hydrogens (tertiary/aromatic N) is 2. The minimum Gasteiger partial charge on any atom is -0.469 e. The van der Waals surface area contributed by atoms with Gasteiger partial charge in [-0.1, -0.05) is 30.3 Å². The summed E-state index contributed by atoms with van der Waals surface area (Å²) in [6, 6.07) is 12.2. The Morgan fingerprint density at radius 2 is 2.12 bits per heavy atom. The SMILES string of the molecule is Cc1cc(C(=O)N(C)[C@H](C)[C@@H]2CN(Cc3ccccc3)CCO2)co1. The van der Waals surface area contributed by atoms with Crippen LogP contribution in [0.4, 0.5) is 0 Å². The van der Waals surface area contributed by atoms with Crippen molar-refractivity contribution in [3.8, 4) is 0 Å². The predicted octanol–water partition coefficient (Wildman–Crippen LogP) is 2.95. The van der Waals surface area contributed by atoms with Crippen LogP contribution in [0.3, 0.4) is 0 Å². The van der Waals surface area contributed by atoms with Gasteiger partial charge in [-0.05, 0) is 25.5 Å². The van der Waals surface area contributed by atoms with Crippen LogP contribution in [0.25, 0.3) is 0 Å². The molecule has 0 aliphatic carbocycles. The number of carbonyl (C=O) groups excluding carboxylic acids is 1. The highest BCUT2D eigenvalue weighted by Gasteiger charge is 2.30.